The average molecular weight is 279 g/mol. The number of hydrogen-bond donors (Lipinski definition) is 2. The molecule has 19 heavy (non-hydrogen) atoms. The van der Waals surface area contributed by atoms with Gasteiger partial charge in [0.2, 0.25) is 5.91 Å². The summed E-state index contributed by atoms with van der Waals surface area (Å²) in [6.07, 6.45) is 2.13. The minimum atomic E-state index is -0.521. The summed E-state index contributed by atoms with van der Waals surface area (Å²) in [7, 11) is 0. The first-order chi connectivity index (χ1) is 9.16. The lowest BCUT2D eigenvalue weighted by atomic mass is 10.0. The molecule has 0 bridgehead atoms. The van der Waals surface area contributed by atoms with Crippen molar-refractivity contribution in [2.24, 2.45) is 0 Å². The molecule has 1 amide bonds. The van der Waals surface area contributed by atoms with E-state index in [4.69, 9.17) is 0 Å². The molecule has 0 aromatic heterocycles. The fraction of sp³-hybridized carbons (Fsp3) is 0.533. The number of nitrogens with one attached hydrogen (secondary N) is 1. The lowest BCUT2D eigenvalue weighted by molar-refractivity contribution is -0.121. The van der Waals surface area contributed by atoms with Crippen molar-refractivity contribution in [1.82, 2.24) is 5.32 Å². The zero-order valence-corrected chi connectivity index (χ0v) is 12.0. The predicted molar refractivity (Wildman–Crippen MR) is 79.1 cm³/mol. The molecule has 0 saturated carbocycles. The summed E-state index contributed by atoms with van der Waals surface area (Å²) in [6, 6.07) is 9.56. The van der Waals surface area contributed by atoms with E-state index < -0.39 is 6.10 Å². The molecule has 1 saturated heterocycles. The summed E-state index contributed by atoms with van der Waals surface area (Å²) in [6.45, 7) is 1.95. The van der Waals surface area contributed by atoms with E-state index in [1.165, 1.54) is 0 Å². The number of rotatable bonds is 5. The summed E-state index contributed by atoms with van der Waals surface area (Å²) in [4.78, 5) is 12.0. The first kappa shape index (κ1) is 14.4. The Labute approximate surface area is 118 Å². The summed E-state index contributed by atoms with van der Waals surface area (Å²) in [5.74, 6) is 1.20. The van der Waals surface area contributed by atoms with Gasteiger partial charge in [0.1, 0.15) is 0 Å². The molecule has 4 heteroatoms. The Morgan fingerprint density at radius 1 is 1.47 bits per heavy atom. The van der Waals surface area contributed by atoms with Crippen molar-refractivity contribution >= 4 is 17.7 Å². The number of hydrogen-bond acceptors (Lipinski definition) is 3. The Bertz CT molecular complexity index is 404. The molecule has 0 spiro atoms. The smallest absolute Gasteiger partial charge is 0.233 e. The van der Waals surface area contributed by atoms with Crippen molar-refractivity contribution in [3.05, 3.63) is 35.9 Å². The maximum atomic E-state index is 12.0. The molecule has 3 unspecified atom stereocenters. The van der Waals surface area contributed by atoms with Crippen LogP contribution in [0.1, 0.15) is 37.9 Å². The normalized spacial score (nSPS) is 21.9. The molecular weight excluding hydrogens is 258 g/mol. The molecule has 3 atom stereocenters. The van der Waals surface area contributed by atoms with Crippen molar-refractivity contribution in [3.8, 4) is 0 Å². The summed E-state index contributed by atoms with van der Waals surface area (Å²) >= 11 is 1.73. The lowest BCUT2D eigenvalue weighted by Gasteiger charge is -2.19. The Morgan fingerprint density at radius 2 is 2.21 bits per heavy atom. The maximum absolute atomic E-state index is 12.0. The first-order valence-electron chi connectivity index (χ1n) is 6.82. The van der Waals surface area contributed by atoms with Gasteiger partial charge in [-0.1, -0.05) is 30.3 Å². The monoisotopic (exact) mass is 279 g/mol. The molecule has 1 aromatic carbocycles. The van der Waals surface area contributed by atoms with Crippen LogP contribution in [0.5, 0.6) is 0 Å². The largest absolute Gasteiger partial charge is 0.388 e. The minimum absolute atomic E-state index is 0.0103. The van der Waals surface area contributed by atoms with Gasteiger partial charge in [-0.3, -0.25) is 4.79 Å². The van der Waals surface area contributed by atoms with Crippen LogP contribution in [-0.4, -0.2) is 28.1 Å². The van der Waals surface area contributed by atoms with Gasteiger partial charge in [0, 0.05) is 6.04 Å². The predicted octanol–water partition coefficient (Wildman–Crippen LogP) is 2.51. The van der Waals surface area contributed by atoms with Crippen molar-refractivity contribution < 1.29 is 9.90 Å². The van der Waals surface area contributed by atoms with Crippen LogP contribution in [0, 0.1) is 0 Å². The highest BCUT2D eigenvalue weighted by Crippen LogP contribution is 2.26. The van der Waals surface area contributed by atoms with E-state index in [9.17, 15) is 9.90 Å². The van der Waals surface area contributed by atoms with Crippen molar-refractivity contribution in [3.63, 3.8) is 0 Å². The van der Waals surface area contributed by atoms with Gasteiger partial charge in [0.15, 0.2) is 0 Å². The van der Waals surface area contributed by atoms with Gasteiger partial charge in [-0.25, -0.2) is 0 Å². The highest BCUT2D eigenvalue weighted by molar-refractivity contribution is 8.00. The van der Waals surface area contributed by atoms with Crippen LogP contribution in [0.15, 0.2) is 30.3 Å². The summed E-state index contributed by atoms with van der Waals surface area (Å²) in [5, 5.41) is 13.2. The number of carbonyl (C=O) groups is 1. The fourth-order valence-electron chi connectivity index (χ4n) is 2.33. The molecule has 3 nitrogen and oxygen atoms in total. The number of carbonyl (C=O) groups excluding carboxylic acids is 1. The molecule has 1 aromatic rings. The lowest BCUT2D eigenvalue weighted by Crippen LogP contribution is -2.38. The van der Waals surface area contributed by atoms with Gasteiger partial charge in [0.25, 0.3) is 0 Å². The van der Waals surface area contributed by atoms with Crippen LogP contribution < -0.4 is 5.32 Å². The molecule has 0 aliphatic carbocycles. The third-order valence-corrected chi connectivity index (χ3v) is 4.75. The van der Waals surface area contributed by atoms with E-state index in [2.05, 4.69) is 5.32 Å². The number of benzene rings is 1. The Balaban J connectivity index is 1.80. The van der Waals surface area contributed by atoms with E-state index in [-0.39, 0.29) is 17.2 Å². The highest BCUT2D eigenvalue weighted by atomic mass is 32.2. The SMILES string of the molecule is CC(CC(O)c1ccccc1)NC(=O)C1CCCS1. The second kappa shape index (κ2) is 6.96. The molecule has 1 fully saturated rings. The minimum Gasteiger partial charge on any atom is -0.388 e. The fourth-order valence-corrected chi connectivity index (χ4v) is 3.50. The Morgan fingerprint density at radius 3 is 2.84 bits per heavy atom. The van der Waals surface area contributed by atoms with Crippen LogP contribution in [0.4, 0.5) is 0 Å². The Kier molecular flexibility index (Phi) is 5.28. The maximum Gasteiger partial charge on any atom is 0.233 e. The number of amides is 1. The quantitative estimate of drug-likeness (QED) is 0.870. The molecule has 1 aliphatic heterocycles. The van der Waals surface area contributed by atoms with Gasteiger partial charge >= 0.3 is 0 Å². The molecule has 1 heterocycles. The van der Waals surface area contributed by atoms with Gasteiger partial charge in [-0.2, -0.15) is 0 Å². The second-order valence-electron chi connectivity index (χ2n) is 5.07. The zero-order chi connectivity index (χ0) is 13.7. The van der Waals surface area contributed by atoms with Gasteiger partial charge in [-0.15, -0.1) is 11.8 Å². The van der Waals surface area contributed by atoms with E-state index >= 15 is 0 Å². The van der Waals surface area contributed by atoms with E-state index in [0.717, 1.165) is 24.2 Å². The molecular formula is C15H21NO2S. The van der Waals surface area contributed by atoms with E-state index in [0.29, 0.717) is 6.42 Å². The third kappa shape index (κ3) is 4.25. The number of thioether (sulfide) groups is 1. The first-order valence-corrected chi connectivity index (χ1v) is 7.86. The van der Waals surface area contributed by atoms with Crippen molar-refractivity contribution in [1.29, 1.82) is 0 Å². The number of aliphatic hydroxyl groups excluding tert-OH is 1. The summed E-state index contributed by atoms with van der Waals surface area (Å²) < 4.78 is 0. The second-order valence-corrected chi connectivity index (χ2v) is 6.38. The number of aliphatic hydroxyl groups is 1. The van der Waals surface area contributed by atoms with Crippen LogP contribution in [0.3, 0.4) is 0 Å². The van der Waals surface area contributed by atoms with Crippen molar-refractivity contribution in [2.75, 3.05) is 5.75 Å². The molecule has 2 rings (SSSR count). The summed E-state index contributed by atoms with van der Waals surface area (Å²) in [5.41, 5.74) is 0.902. The molecule has 2 N–H and O–H groups in total. The van der Waals surface area contributed by atoms with Crippen LogP contribution in [0.25, 0.3) is 0 Å². The van der Waals surface area contributed by atoms with Gasteiger partial charge < -0.3 is 10.4 Å². The van der Waals surface area contributed by atoms with Gasteiger partial charge in [-0.05, 0) is 37.5 Å². The topological polar surface area (TPSA) is 49.3 Å². The van der Waals surface area contributed by atoms with Crippen LogP contribution in [0.2, 0.25) is 0 Å². The molecule has 1 aliphatic rings. The van der Waals surface area contributed by atoms with Crippen LogP contribution >= 0.6 is 11.8 Å². The highest BCUT2D eigenvalue weighted by Gasteiger charge is 2.24. The van der Waals surface area contributed by atoms with Crippen molar-refractivity contribution in [2.45, 2.75) is 43.6 Å². The molecule has 0 radical (unpaired) electrons. The van der Waals surface area contributed by atoms with Gasteiger partial charge in [0.05, 0.1) is 11.4 Å². The molecule has 104 valence electrons. The van der Waals surface area contributed by atoms with E-state index in [1.807, 2.05) is 37.3 Å². The Hall–Kier alpha value is -1.000. The van der Waals surface area contributed by atoms with Crippen LogP contribution in [-0.2, 0) is 4.79 Å². The van der Waals surface area contributed by atoms with E-state index in [1.54, 1.807) is 11.8 Å². The average Bonchev–Trinajstić information content (AvgIpc) is 2.93. The standard InChI is InChI=1S/C15H21NO2S/c1-11(16-15(18)14-8-5-9-19-14)10-13(17)12-6-3-2-4-7-12/h2-4,6-7,11,13-14,17H,5,8-10H2,1H3,(H,16,18). The zero-order valence-electron chi connectivity index (χ0n) is 11.2. The third-order valence-electron chi connectivity index (χ3n) is 3.37.